The van der Waals surface area contributed by atoms with Crippen LogP contribution in [-0.2, 0) is 11.2 Å². The van der Waals surface area contributed by atoms with Crippen LogP contribution < -0.4 is 20.5 Å². The monoisotopic (exact) mass is 344 g/mol. The first kappa shape index (κ1) is 21.5. The van der Waals surface area contributed by atoms with Gasteiger partial charge in [-0.15, -0.1) is 12.4 Å². The lowest BCUT2D eigenvalue weighted by molar-refractivity contribution is -0.124. The number of nitrogens with two attached hydrogens (primary N) is 1. The SMILES string of the molecule is CCC(C)C(N)C(=O)NC(C)Cc1ccc(OC)c(OC)c1.Cl. The van der Waals surface area contributed by atoms with Crippen LogP contribution in [0.15, 0.2) is 18.2 Å². The molecule has 0 aliphatic rings. The quantitative estimate of drug-likeness (QED) is 0.760. The molecular formula is C17H29ClN2O3. The Bertz CT molecular complexity index is 497. The molecule has 0 aromatic heterocycles. The van der Waals surface area contributed by atoms with Gasteiger partial charge in [0.15, 0.2) is 11.5 Å². The van der Waals surface area contributed by atoms with Gasteiger partial charge in [0.05, 0.1) is 20.3 Å². The summed E-state index contributed by atoms with van der Waals surface area (Å²) < 4.78 is 10.5. The highest BCUT2D eigenvalue weighted by Crippen LogP contribution is 2.27. The topological polar surface area (TPSA) is 73.6 Å². The van der Waals surface area contributed by atoms with Gasteiger partial charge in [-0.2, -0.15) is 0 Å². The van der Waals surface area contributed by atoms with Crippen molar-refractivity contribution < 1.29 is 14.3 Å². The number of benzene rings is 1. The van der Waals surface area contributed by atoms with E-state index in [1.165, 1.54) is 0 Å². The summed E-state index contributed by atoms with van der Waals surface area (Å²) in [7, 11) is 3.22. The summed E-state index contributed by atoms with van der Waals surface area (Å²) in [4.78, 5) is 12.1. The number of carbonyl (C=O) groups excluding carboxylic acids is 1. The van der Waals surface area contributed by atoms with Gasteiger partial charge in [-0.3, -0.25) is 4.79 Å². The van der Waals surface area contributed by atoms with Gasteiger partial charge in [0.2, 0.25) is 5.91 Å². The Morgan fingerprint density at radius 2 is 1.83 bits per heavy atom. The smallest absolute Gasteiger partial charge is 0.237 e. The molecule has 0 saturated heterocycles. The zero-order chi connectivity index (χ0) is 16.7. The van der Waals surface area contributed by atoms with E-state index in [9.17, 15) is 4.79 Å². The lowest BCUT2D eigenvalue weighted by atomic mass is 9.98. The Hall–Kier alpha value is -1.46. The molecule has 3 unspecified atom stereocenters. The summed E-state index contributed by atoms with van der Waals surface area (Å²) >= 11 is 0. The molecule has 3 N–H and O–H groups in total. The lowest BCUT2D eigenvalue weighted by Gasteiger charge is -2.21. The summed E-state index contributed by atoms with van der Waals surface area (Å²) in [5.74, 6) is 1.46. The maximum absolute atomic E-state index is 12.1. The van der Waals surface area contributed by atoms with Gasteiger partial charge in [0.25, 0.3) is 0 Å². The second-order valence-corrected chi connectivity index (χ2v) is 5.71. The summed E-state index contributed by atoms with van der Waals surface area (Å²) in [5, 5.41) is 2.97. The molecule has 0 saturated carbocycles. The molecular weight excluding hydrogens is 316 g/mol. The van der Waals surface area contributed by atoms with E-state index in [1.807, 2.05) is 39.0 Å². The number of amides is 1. The molecule has 3 atom stereocenters. The molecule has 1 aromatic carbocycles. The number of nitrogens with one attached hydrogen (secondary N) is 1. The minimum absolute atomic E-state index is 0. The van der Waals surface area contributed by atoms with Crippen molar-refractivity contribution >= 4 is 18.3 Å². The molecule has 0 radical (unpaired) electrons. The zero-order valence-corrected chi connectivity index (χ0v) is 15.4. The summed E-state index contributed by atoms with van der Waals surface area (Å²) in [5.41, 5.74) is 7.02. The van der Waals surface area contributed by atoms with E-state index in [1.54, 1.807) is 14.2 Å². The minimum atomic E-state index is -0.460. The van der Waals surface area contributed by atoms with Crippen molar-refractivity contribution in [2.24, 2.45) is 11.7 Å². The van der Waals surface area contributed by atoms with Crippen molar-refractivity contribution in [3.8, 4) is 11.5 Å². The van der Waals surface area contributed by atoms with E-state index in [-0.39, 0.29) is 30.3 Å². The molecule has 0 fully saturated rings. The van der Waals surface area contributed by atoms with Crippen LogP contribution in [0.2, 0.25) is 0 Å². The zero-order valence-electron chi connectivity index (χ0n) is 14.6. The van der Waals surface area contributed by atoms with E-state index < -0.39 is 6.04 Å². The van der Waals surface area contributed by atoms with Crippen LogP contribution in [-0.4, -0.2) is 32.2 Å². The second-order valence-electron chi connectivity index (χ2n) is 5.71. The average molecular weight is 345 g/mol. The number of hydrogen-bond acceptors (Lipinski definition) is 4. The Balaban J connectivity index is 0.00000484. The van der Waals surface area contributed by atoms with Gasteiger partial charge in [-0.1, -0.05) is 26.3 Å². The number of rotatable bonds is 8. The number of methoxy groups -OCH3 is 2. The van der Waals surface area contributed by atoms with E-state index in [0.29, 0.717) is 17.9 Å². The molecule has 0 aliphatic carbocycles. The van der Waals surface area contributed by atoms with Crippen molar-refractivity contribution in [3.05, 3.63) is 23.8 Å². The standard InChI is InChI=1S/C17H28N2O3.ClH/c1-6-11(2)16(18)17(20)19-12(3)9-13-7-8-14(21-4)15(10-13)22-5;/h7-8,10-12,16H,6,9,18H2,1-5H3,(H,19,20);1H. The van der Waals surface area contributed by atoms with Crippen LogP contribution in [0.4, 0.5) is 0 Å². The normalized spacial score (nSPS) is 14.2. The fourth-order valence-corrected chi connectivity index (χ4v) is 2.26. The Labute approximate surface area is 145 Å². The predicted molar refractivity (Wildman–Crippen MR) is 95.5 cm³/mol. The van der Waals surface area contributed by atoms with Gasteiger partial charge in [-0.05, 0) is 37.0 Å². The van der Waals surface area contributed by atoms with Crippen LogP contribution in [0.5, 0.6) is 11.5 Å². The van der Waals surface area contributed by atoms with Crippen LogP contribution >= 0.6 is 12.4 Å². The highest BCUT2D eigenvalue weighted by atomic mass is 35.5. The van der Waals surface area contributed by atoms with Crippen LogP contribution in [0.1, 0.15) is 32.8 Å². The fraction of sp³-hybridized carbons (Fsp3) is 0.588. The molecule has 0 heterocycles. The summed E-state index contributed by atoms with van der Waals surface area (Å²) in [6.07, 6.45) is 1.60. The van der Waals surface area contributed by atoms with Crippen molar-refractivity contribution in [2.45, 2.75) is 45.7 Å². The van der Waals surface area contributed by atoms with Gasteiger partial charge in [0.1, 0.15) is 0 Å². The highest BCUT2D eigenvalue weighted by molar-refractivity contribution is 5.85. The molecule has 0 aliphatic heterocycles. The number of ether oxygens (including phenoxy) is 2. The van der Waals surface area contributed by atoms with E-state index >= 15 is 0 Å². The molecule has 23 heavy (non-hydrogen) atoms. The van der Waals surface area contributed by atoms with E-state index in [4.69, 9.17) is 15.2 Å². The van der Waals surface area contributed by atoms with Crippen LogP contribution in [0, 0.1) is 5.92 Å². The fourth-order valence-electron chi connectivity index (χ4n) is 2.26. The van der Waals surface area contributed by atoms with Crippen LogP contribution in [0.25, 0.3) is 0 Å². The van der Waals surface area contributed by atoms with Crippen molar-refractivity contribution in [3.63, 3.8) is 0 Å². The largest absolute Gasteiger partial charge is 0.493 e. The molecule has 6 heteroatoms. The van der Waals surface area contributed by atoms with Gasteiger partial charge in [-0.25, -0.2) is 0 Å². The Morgan fingerprint density at radius 1 is 1.22 bits per heavy atom. The van der Waals surface area contributed by atoms with Gasteiger partial charge < -0.3 is 20.5 Å². The third kappa shape index (κ3) is 6.28. The maximum atomic E-state index is 12.1. The van der Waals surface area contributed by atoms with Crippen molar-refractivity contribution in [2.75, 3.05) is 14.2 Å². The van der Waals surface area contributed by atoms with Crippen molar-refractivity contribution in [1.82, 2.24) is 5.32 Å². The molecule has 132 valence electrons. The van der Waals surface area contributed by atoms with E-state index in [0.717, 1.165) is 12.0 Å². The van der Waals surface area contributed by atoms with Gasteiger partial charge in [0, 0.05) is 6.04 Å². The highest BCUT2D eigenvalue weighted by Gasteiger charge is 2.20. The molecule has 1 aromatic rings. The Morgan fingerprint density at radius 3 is 2.35 bits per heavy atom. The van der Waals surface area contributed by atoms with Gasteiger partial charge >= 0.3 is 0 Å². The average Bonchev–Trinajstić information content (AvgIpc) is 2.52. The summed E-state index contributed by atoms with van der Waals surface area (Å²) in [6.45, 7) is 5.99. The first-order valence-corrected chi connectivity index (χ1v) is 7.69. The maximum Gasteiger partial charge on any atom is 0.237 e. The first-order chi connectivity index (χ1) is 10.4. The Kier molecular flexibility index (Phi) is 9.68. The summed E-state index contributed by atoms with van der Waals surface area (Å²) in [6, 6.07) is 5.31. The first-order valence-electron chi connectivity index (χ1n) is 7.69. The number of hydrogen-bond donors (Lipinski definition) is 2. The third-order valence-corrected chi connectivity index (χ3v) is 3.94. The number of halogens is 1. The molecule has 1 rings (SSSR count). The van der Waals surface area contributed by atoms with E-state index in [2.05, 4.69) is 5.32 Å². The number of carbonyl (C=O) groups is 1. The molecule has 5 nitrogen and oxygen atoms in total. The molecule has 0 spiro atoms. The second kappa shape index (κ2) is 10.3. The predicted octanol–water partition coefficient (Wildman–Crippen LogP) is 2.55. The minimum Gasteiger partial charge on any atom is -0.493 e. The van der Waals surface area contributed by atoms with Crippen molar-refractivity contribution in [1.29, 1.82) is 0 Å². The molecule has 1 amide bonds. The lowest BCUT2D eigenvalue weighted by Crippen LogP contribution is -2.48. The van der Waals surface area contributed by atoms with Crippen LogP contribution in [0.3, 0.4) is 0 Å². The third-order valence-electron chi connectivity index (χ3n) is 3.94. The molecule has 0 bridgehead atoms.